The Balaban J connectivity index is 1.77. The van der Waals surface area contributed by atoms with E-state index in [1.807, 2.05) is 0 Å². The van der Waals surface area contributed by atoms with Crippen molar-refractivity contribution in [3.63, 3.8) is 0 Å². The van der Waals surface area contributed by atoms with Gasteiger partial charge in [0.05, 0.1) is 7.11 Å². The van der Waals surface area contributed by atoms with Gasteiger partial charge in [0.1, 0.15) is 5.75 Å². The lowest BCUT2D eigenvalue weighted by Crippen LogP contribution is -2.26. The molecule has 21 heavy (non-hydrogen) atoms. The van der Waals surface area contributed by atoms with Crippen molar-refractivity contribution >= 4 is 0 Å². The molecule has 0 bridgehead atoms. The second-order valence-corrected chi connectivity index (χ2v) is 6.23. The number of ether oxygens (including phenoxy) is 1. The minimum Gasteiger partial charge on any atom is -0.497 e. The number of methoxy groups -OCH3 is 1. The normalized spacial score (nSPS) is 17.5. The number of fused-ring (bicyclic) bond motifs is 1. The van der Waals surface area contributed by atoms with Gasteiger partial charge < -0.3 is 10.1 Å². The van der Waals surface area contributed by atoms with E-state index in [0.717, 1.165) is 12.3 Å². The summed E-state index contributed by atoms with van der Waals surface area (Å²) in [6.45, 7) is 3.42. The van der Waals surface area contributed by atoms with Gasteiger partial charge in [0.15, 0.2) is 0 Å². The lowest BCUT2D eigenvalue weighted by molar-refractivity contribution is 0.408. The first-order chi connectivity index (χ1) is 10.3. The van der Waals surface area contributed by atoms with Crippen molar-refractivity contribution in [2.24, 2.45) is 0 Å². The second-order valence-electron chi connectivity index (χ2n) is 6.23. The summed E-state index contributed by atoms with van der Waals surface area (Å²) in [7, 11) is 1.75. The summed E-state index contributed by atoms with van der Waals surface area (Å²) in [5.41, 5.74) is 2.97. The smallest absolute Gasteiger partial charge is 0.119 e. The monoisotopic (exact) mass is 289 g/mol. The molecule has 1 aromatic carbocycles. The van der Waals surface area contributed by atoms with Crippen LogP contribution in [0.15, 0.2) is 18.2 Å². The zero-order valence-corrected chi connectivity index (χ0v) is 13.8. The molecule has 0 radical (unpaired) electrons. The number of unbranched alkanes of at least 4 members (excludes halogenated alkanes) is 5. The number of aryl methyl sites for hydroxylation is 1. The van der Waals surface area contributed by atoms with Gasteiger partial charge in [-0.25, -0.2) is 0 Å². The molecule has 118 valence electrons. The molecular weight excluding hydrogens is 258 g/mol. The van der Waals surface area contributed by atoms with Crippen molar-refractivity contribution in [3.05, 3.63) is 29.3 Å². The molecule has 1 aliphatic rings. The lowest BCUT2D eigenvalue weighted by atomic mass is 9.87. The first-order valence-electron chi connectivity index (χ1n) is 8.75. The topological polar surface area (TPSA) is 21.3 Å². The molecule has 1 aliphatic carbocycles. The fourth-order valence-electron chi connectivity index (χ4n) is 3.30. The highest BCUT2D eigenvalue weighted by Gasteiger charge is 2.19. The Morgan fingerprint density at radius 2 is 1.95 bits per heavy atom. The predicted octanol–water partition coefficient (Wildman–Crippen LogP) is 5.02. The van der Waals surface area contributed by atoms with Crippen LogP contribution in [-0.2, 0) is 6.42 Å². The number of hydrogen-bond acceptors (Lipinski definition) is 2. The maximum absolute atomic E-state index is 5.38. The van der Waals surface area contributed by atoms with E-state index in [4.69, 9.17) is 4.74 Å². The van der Waals surface area contributed by atoms with Crippen LogP contribution in [0.3, 0.4) is 0 Å². The van der Waals surface area contributed by atoms with Crippen LogP contribution in [0.2, 0.25) is 0 Å². The van der Waals surface area contributed by atoms with Crippen molar-refractivity contribution in [2.45, 2.75) is 70.8 Å². The molecule has 0 spiro atoms. The molecule has 0 aliphatic heterocycles. The third-order valence-corrected chi connectivity index (χ3v) is 4.59. The van der Waals surface area contributed by atoms with Gasteiger partial charge in [-0.3, -0.25) is 0 Å². The first-order valence-corrected chi connectivity index (χ1v) is 8.75. The van der Waals surface area contributed by atoms with Gasteiger partial charge in [-0.2, -0.15) is 0 Å². The molecule has 0 fully saturated rings. The Bertz CT molecular complexity index is 416. The molecule has 2 rings (SSSR count). The molecule has 0 saturated heterocycles. The van der Waals surface area contributed by atoms with E-state index in [9.17, 15) is 0 Å². The molecule has 0 heterocycles. The zero-order valence-electron chi connectivity index (χ0n) is 13.8. The molecule has 0 aromatic heterocycles. The minimum absolute atomic E-state index is 0.527. The van der Waals surface area contributed by atoms with E-state index in [-0.39, 0.29) is 0 Å². The van der Waals surface area contributed by atoms with Crippen LogP contribution >= 0.6 is 0 Å². The third kappa shape index (κ3) is 5.03. The van der Waals surface area contributed by atoms with Crippen molar-refractivity contribution in [3.8, 4) is 5.75 Å². The Labute approximate surface area is 130 Å². The van der Waals surface area contributed by atoms with Gasteiger partial charge in [0, 0.05) is 6.04 Å². The SMILES string of the molecule is CCCCCCCCNC1CCCc2ccc(OC)cc21. The van der Waals surface area contributed by atoms with Crippen LogP contribution in [0.5, 0.6) is 5.75 Å². The molecule has 2 nitrogen and oxygen atoms in total. The number of benzene rings is 1. The predicted molar refractivity (Wildman–Crippen MR) is 90.1 cm³/mol. The van der Waals surface area contributed by atoms with Gasteiger partial charge >= 0.3 is 0 Å². The molecular formula is C19H31NO. The largest absolute Gasteiger partial charge is 0.497 e. The van der Waals surface area contributed by atoms with E-state index in [2.05, 4.69) is 30.4 Å². The second kappa shape index (κ2) is 9.09. The van der Waals surface area contributed by atoms with E-state index < -0.39 is 0 Å². The van der Waals surface area contributed by atoms with Gasteiger partial charge in [0.2, 0.25) is 0 Å². The summed E-state index contributed by atoms with van der Waals surface area (Å²) >= 11 is 0. The number of nitrogens with one attached hydrogen (secondary N) is 1. The maximum atomic E-state index is 5.38. The summed E-state index contributed by atoms with van der Waals surface area (Å²) in [6, 6.07) is 7.09. The highest BCUT2D eigenvalue weighted by molar-refractivity contribution is 5.39. The van der Waals surface area contributed by atoms with E-state index >= 15 is 0 Å². The summed E-state index contributed by atoms with van der Waals surface area (Å²) in [5.74, 6) is 0.988. The molecule has 0 amide bonds. The average molecular weight is 289 g/mol. The average Bonchev–Trinajstić information content (AvgIpc) is 2.53. The van der Waals surface area contributed by atoms with Crippen LogP contribution in [0, 0.1) is 0 Å². The molecule has 1 N–H and O–H groups in total. The van der Waals surface area contributed by atoms with Crippen molar-refractivity contribution in [2.75, 3.05) is 13.7 Å². The standard InChI is InChI=1S/C19H31NO/c1-3-4-5-6-7-8-14-20-19-11-9-10-16-12-13-17(21-2)15-18(16)19/h12-13,15,19-20H,3-11,14H2,1-2H3. The molecule has 1 unspecified atom stereocenters. The van der Waals surface area contributed by atoms with Crippen molar-refractivity contribution < 1.29 is 4.74 Å². The van der Waals surface area contributed by atoms with Crippen LogP contribution in [0.4, 0.5) is 0 Å². The highest BCUT2D eigenvalue weighted by Crippen LogP contribution is 2.32. The van der Waals surface area contributed by atoms with Gasteiger partial charge in [-0.15, -0.1) is 0 Å². The van der Waals surface area contributed by atoms with Crippen LogP contribution in [0.1, 0.15) is 75.5 Å². The fraction of sp³-hybridized carbons (Fsp3) is 0.684. The lowest BCUT2D eigenvalue weighted by Gasteiger charge is -2.27. The van der Waals surface area contributed by atoms with Crippen LogP contribution in [0.25, 0.3) is 0 Å². The third-order valence-electron chi connectivity index (χ3n) is 4.59. The quantitative estimate of drug-likeness (QED) is 0.644. The molecule has 1 atom stereocenters. The molecule has 2 heteroatoms. The fourth-order valence-corrected chi connectivity index (χ4v) is 3.30. The number of hydrogen-bond donors (Lipinski definition) is 1. The Hall–Kier alpha value is -1.02. The Morgan fingerprint density at radius 3 is 2.76 bits per heavy atom. The highest BCUT2D eigenvalue weighted by atomic mass is 16.5. The summed E-state index contributed by atoms with van der Waals surface area (Å²) < 4.78 is 5.38. The Morgan fingerprint density at radius 1 is 1.14 bits per heavy atom. The van der Waals surface area contributed by atoms with Gasteiger partial charge in [0.25, 0.3) is 0 Å². The van der Waals surface area contributed by atoms with E-state index in [0.29, 0.717) is 6.04 Å². The summed E-state index contributed by atoms with van der Waals surface area (Å²) in [5, 5.41) is 3.76. The number of rotatable bonds is 9. The van der Waals surface area contributed by atoms with Gasteiger partial charge in [-0.1, -0.05) is 45.1 Å². The maximum Gasteiger partial charge on any atom is 0.119 e. The van der Waals surface area contributed by atoms with E-state index in [1.54, 1.807) is 7.11 Å². The molecule has 1 aromatic rings. The zero-order chi connectivity index (χ0) is 14.9. The first kappa shape index (κ1) is 16.4. The van der Waals surface area contributed by atoms with Crippen LogP contribution in [-0.4, -0.2) is 13.7 Å². The van der Waals surface area contributed by atoms with Crippen molar-refractivity contribution in [1.29, 1.82) is 0 Å². The van der Waals surface area contributed by atoms with Crippen molar-refractivity contribution in [1.82, 2.24) is 5.32 Å². The summed E-state index contributed by atoms with van der Waals surface area (Å²) in [6.07, 6.45) is 12.0. The van der Waals surface area contributed by atoms with Gasteiger partial charge in [-0.05, 0) is 55.5 Å². The minimum atomic E-state index is 0.527. The molecule has 0 saturated carbocycles. The van der Waals surface area contributed by atoms with Crippen LogP contribution < -0.4 is 10.1 Å². The summed E-state index contributed by atoms with van der Waals surface area (Å²) in [4.78, 5) is 0. The Kier molecular flexibility index (Phi) is 7.08. The van der Waals surface area contributed by atoms with E-state index in [1.165, 1.54) is 68.9 Å².